The van der Waals surface area contributed by atoms with Crippen LogP contribution in [0.25, 0.3) is 0 Å². The highest BCUT2D eigenvalue weighted by molar-refractivity contribution is 5.18. The van der Waals surface area contributed by atoms with Gasteiger partial charge in [-0.15, -0.1) is 0 Å². The van der Waals surface area contributed by atoms with Gasteiger partial charge in [-0.1, -0.05) is 6.07 Å². The summed E-state index contributed by atoms with van der Waals surface area (Å²) in [5.74, 6) is -1.51. The molecule has 0 spiro atoms. The second-order valence-electron chi connectivity index (χ2n) is 5.82. The Morgan fingerprint density at radius 1 is 1.21 bits per heavy atom. The van der Waals surface area contributed by atoms with Gasteiger partial charge in [-0.3, -0.25) is 9.80 Å². The van der Waals surface area contributed by atoms with Crippen LogP contribution < -0.4 is 0 Å². The molecule has 0 aromatic heterocycles. The Morgan fingerprint density at radius 2 is 2.05 bits per heavy atom. The topological polar surface area (TPSA) is 6.48 Å². The van der Waals surface area contributed by atoms with Crippen molar-refractivity contribution in [2.24, 2.45) is 0 Å². The van der Waals surface area contributed by atoms with Crippen molar-refractivity contribution < 1.29 is 8.78 Å². The number of nitrogens with zero attached hydrogens (tertiary/aromatic N) is 2. The largest absolute Gasteiger partial charge is 0.298 e. The molecule has 0 radical (unpaired) electrons. The highest BCUT2D eigenvalue weighted by Crippen LogP contribution is 2.25. The SMILES string of the molecule is C[C@@H]1CN2CCC[C@@H]2CN1Cc1ccc(F)c(F)c1. The quantitative estimate of drug-likeness (QED) is 0.812. The Hall–Kier alpha value is -1.00. The third kappa shape index (κ3) is 2.65. The van der Waals surface area contributed by atoms with Gasteiger partial charge in [0.15, 0.2) is 11.6 Å². The second-order valence-corrected chi connectivity index (χ2v) is 5.82. The molecule has 19 heavy (non-hydrogen) atoms. The van der Waals surface area contributed by atoms with Crippen molar-refractivity contribution in [2.75, 3.05) is 19.6 Å². The van der Waals surface area contributed by atoms with Gasteiger partial charge >= 0.3 is 0 Å². The van der Waals surface area contributed by atoms with Gasteiger partial charge in [0.1, 0.15) is 0 Å². The Bertz CT molecular complexity index is 463. The number of rotatable bonds is 2. The molecular formula is C15H20F2N2. The van der Waals surface area contributed by atoms with Crippen LogP contribution in [0, 0.1) is 11.6 Å². The Kier molecular flexibility index (Phi) is 3.54. The van der Waals surface area contributed by atoms with Gasteiger partial charge in [0.05, 0.1) is 0 Å². The zero-order chi connectivity index (χ0) is 13.4. The van der Waals surface area contributed by atoms with E-state index in [1.165, 1.54) is 31.5 Å². The normalized spacial score (nSPS) is 28.6. The molecule has 2 atom stereocenters. The maximum absolute atomic E-state index is 13.2. The molecule has 2 heterocycles. The summed E-state index contributed by atoms with van der Waals surface area (Å²) >= 11 is 0. The number of halogens is 2. The third-order valence-electron chi connectivity index (χ3n) is 4.44. The summed E-state index contributed by atoms with van der Waals surface area (Å²) in [7, 11) is 0. The molecule has 1 aromatic carbocycles. The van der Waals surface area contributed by atoms with Gasteiger partial charge in [-0.05, 0) is 44.0 Å². The molecule has 104 valence electrons. The smallest absolute Gasteiger partial charge is 0.159 e. The molecule has 1 aromatic rings. The summed E-state index contributed by atoms with van der Waals surface area (Å²) in [5.41, 5.74) is 0.859. The van der Waals surface area contributed by atoms with Crippen molar-refractivity contribution in [3.63, 3.8) is 0 Å². The predicted molar refractivity (Wildman–Crippen MR) is 70.8 cm³/mol. The molecule has 0 aliphatic carbocycles. The van der Waals surface area contributed by atoms with Gasteiger partial charge in [0.25, 0.3) is 0 Å². The van der Waals surface area contributed by atoms with Crippen LogP contribution in [-0.2, 0) is 6.54 Å². The monoisotopic (exact) mass is 266 g/mol. The molecule has 0 bridgehead atoms. The van der Waals surface area contributed by atoms with Gasteiger partial charge in [0, 0.05) is 31.7 Å². The molecule has 0 unspecified atom stereocenters. The Labute approximate surface area is 113 Å². The fourth-order valence-corrected chi connectivity index (χ4v) is 3.34. The molecule has 0 N–H and O–H groups in total. The highest BCUT2D eigenvalue weighted by Gasteiger charge is 2.34. The van der Waals surface area contributed by atoms with Crippen molar-refractivity contribution >= 4 is 0 Å². The molecule has 3 rings (SSSR count). The molecular weight excluding hydrogens is 246 g/mol. The van der Waals surface area contributed by atoms with Gasteiger partial charge < -0.3 is 0 Å². The van der Waals surface area contributed by atoms with Crippen LogP contribution in [0.15, 0.2) is 18.2 Å². The second kappa shape index (κ2) is 5.17. The van der Waals surface area contributed by atoms with E-state index in [2.05, 4.69) is 16.7 Å². The number of benzene rings is 1. The summed E-state index contributed by atoms with van der Waals surface area (Å²) in [5, 5.41) is 0. The minimum absolute atomic E-state index is 0.475. The number of hydrogen-bond donors (Lipinski definition) is 0. The first kappa shape index (κ1) is 13.0. The van der Waals surface area contributed by atoms with Gasteiger partial charge in [0.2, 0.25) is 0 Å². The summed E-state index contributed by atoms with van der Waals surface area (Å²) < 4.78 is 26.2. The zero-order valence-electron chi connectivity index (χ0n) is 11.3. The van der Waals surface area contributed by atoms with Gasteiger partial charge in [-0.2, -0.15) is 0 Å². The molecule has 2 saturated heterocycles. The van der Waals surface area contributed by atoms with Crippen molar-refractivity contribution in [3.05, 3.63) is 35.4 Å². The van der Waals surface area contributed by atoms with E-state index >= 15 is 0 Å². The van der Waals surface area contributed by atoms with Crippen LogP contribution in [0.2, 0.25) is 0 Å². The summed E-state index contributed by atoms with van der Waals surface area (Å²) in [6, 6.07) is 5.36. The van der Waals surface area contributed by atoms with Crippen LogP contribution in [0.3, 0.4) is 0 Å². The lowest BCUT2D eigenvalue weighted by Crippen LogP contribution is -2.54. The van der Waals surface area contributed by atoms with E-state index in [4.69, 9.17) is 0 Å². The molecule has 2 aliphatic heterocycles. The number of hydrogen-bond acceptors (Lipinski definition) is 2. The summed E-state index contributed by atoms with van der Waals surface area (Å²) in [6.07, 6.45) is 2.55. The first-order valence-electron chi connectivity index (χ1n) is 7.05. The zero-order valence-corrected chi connectivity index (χ0v) is 11.3. The van der Waals surface area contributed by atoms with E-state index in [1.54, 1.807) is 6.07 Å². The van der Waals surface area contributed by atoms with E-state index in [0.29, 0.717) is 18.6 Å². The van der Waals surface area contributed by atoms with Crippen molar-refractivity contribution in [1.82, 2.24) is 9.80 Å². The highest BCUT2D eigenvalue weighted by atomic mass is 19.2. The fourth-order valence-electron chi connectivity index (χ4n) is 3.34. The maximum atomic E-state index is 13.2. The molecule has 4 heteroatoms. The standard InChI is InChI=1S/C15H20F2N2/c1-11-8-18-6-2-3-13(18)10-19(11)9-12-4-5-14(16)15(17)7-12/h4-5,7,11,13H,2-3,6,8-10H2,1H3/t11-,13-/m1/s1. The van der Waals surface area contributed by atoms with E-state index in [1.807, 2.05) is 0 Å². The molecule has 0 amide bonds. The van der Waals surface area contributed by atoms with Crippen LogP contribution in [0.5, 0.6) is 0 Å². The lowest BCUT2D eigenvalue weighted by molar-refractivity contribution is 0.0539. The third-order valence-corrected chi connectivity index (χ3v) is 4.44. The van der Waals surface area contributed by atoms with E-state index in [9.17, 15) is 8.78 Å². The van der Waals surface area contributed by atoms with Crippen LogP contribution in [0.4, 0.5) is 8.78 Å². The molecule has 2 fully saturated rings. The minimum Gasteiger partial charge on any atom is -0.298 e. The number of piperazine rings is 1. The average molecular weight is 266 g/mol. The minimum atomic E-state index is -0.766. The lowest BCUT2D eigenvalue weighted by atomic mass is 10.1. The number of fused-ring (bicyclic) bond motifs is 1. The summed E-state index contributed by atoms with van der Waals surface area (Å²) in [4.78, 5) is 4.95. The first-order valence-corrected chi connectivity index (χ1v) is 7.05. The van der Waals surface area contributed by atoms with Gasteiger partial charge in [-0.25, -0.2) is 8.78 Å². The fraction of sp³-hybridized carbons (Fsp3) is 0.600. The summed E-state index contributed by atoms with van der Waals surface area (Å²) in [6.45, 7) is 6.28. The van der Waals surface area contributed by atoms with E-state index < -0.39 is 11.6 Å². The predicted octanol–water partition coefficient (Wildman–Crippen LogP) is 2.63. The van der Waals surface area contributed by atoms with Crippen molar-refractivity contribution in [2.45, 2.75) is 38.4 Å². The maximum Gasteiger partial charge on any atom is 0.159 e. The Balaban J connectivity index is 1.70. The van der Waals surface area contributed by atoms with Crippen molar-refractivity contribution in [1.29, 1.82) is 0 Å². The van der Waals surface area contributed by atoms with Crippen molar-refractivity contribution in [3.8, 4) is 0 Å². The van der Waals surface area contributed by atoms with E-state index in [-0.39, 0.29) is 0 Å². The van der Waals surface area contributed by atoms with Crippen LogP contribution in [-0.4, -0.2) is 41.5 Å². The first-order chi connectivity index (χ1) is 9.13. The Morgan fingerprint density at radius 3 is 2.84 bits per heavy atom. The van der Waals surface area contributed by atoms with Crippen LogP contribution in [0.1, 0.15) is 25.3 Å². The molecule has 2 nitrogen and oxygen atoms in total. The average Bonchev–Trinajstić information content (AvgIpc) is 2.81. The molecule has 0 saturated carbocycles. The molecule has 2 aliphatic rings. The lowest BCUT2D eigenvalue weighted by Gasteiger charge is -2.42. The van der Waals surface area contributed by atoms with Crippen LogP contribution >= 0.6 is 0 Å². The van der Waals surface area contributed by atoms with E-state index in [0.717, 1.165) is 18.7 Å².